The maximum atomic E-state index is 13.4. The van der Waals surface area contributed by atoms with Crippen LogP contribution in [0.4, 0.5) is 4.39 Å². The molecule has 110 valence electrons. The van der Waals surface area contributed by atoms with E-state index >= 15 is 0 Å². The van der Waals surface area contributed by atoms with Gasteiger partial charge >= 0.3 is 0 Å². The van der Waals surface area contributed by atoms with Gasteiger partial charge in [-0.2, -0.15) is 0 Å². The molecule has 1 aromatic rings. The van der Waals surface area contributed by atoms with E-state index in [0.717, 1.165) is 6.42 Å². The SMILES string of the molecule is O=C(CCc1ccccc1F)NCCC1OCCCO1. The largest absolute Gasteiger partial charge is 0.356 e. The van der Waals surface area contributed by atoms with Crippen molar-refractivity contribution in [2.75, 3.05) is 19.8 Å². The van der Waals surface area contributed by atoms with E-state index in [1.807, 2.05) is 0 Å². The van der Waals surface area contributed by atoms with Crippen molar-refractivity contribution < 1.29 is 18.7 Å². The zero-order chi connectivity index (χ0) is 14.2. The van der Waals surface area contributed by atoms with Crippen LogP contribution in [0.5, 0.6) is 0 Å². The molecule has 1 aliphatic heterocycles. The van der Waals surface area contributed by atoms with Crippen molar-refractivity contribution in [3.63, 3.8) is 0 Å². The van der Waals surface area contributed by atoms with Crippen molar-refractivity contribution in [2.45, 2.75) is 32.0 Å². The predicted octanol–water partition coefficient (Wildman–Crippen LogP) is 2.03. The highest BCUT2D eigenvalue weighted by Crippen LogP contribution is 2.09. The first-order chi connectivity index (χ1) is 9.75. The summed E-state index contributed by atoms with van der Waals surface area (Å²) in [6.45, 7) is 1.94. The lowest BCUT2D eigenvalue weighted by Crippen LogP contribution is -2.31. The number of benzene rings is 1. The van der Waals surface area contributed by atoms with Crippen LogP contribution in [-0.2, 0) is 20.7 Å². The second kappa shape index (κ2) is 7.97. The fraction of sp³-hybridized carbons (Fsp3) is 0.533. The van der Waals surface area contributed by atoms with Crippen LogP contribution < -0.4 is 5.32 Å². The van der Waals surface area contributed by atoms with Crippen LogP contribution >= 0.6 is 0 Å². The monoisotopic (exact) mass is 281 g/mol. The maximum absolute atomic E-state index is 13.4. The Morgan fingerprint density at radius 2 is 2.05 bits per heavy atom. The molecular formula is C15H20FNO3. The topological polar surface area (TPSA) is 47.6 Å². The van der Waals surface area contributed by atoms with Crippen molar-refractivity contribution in [2.24, 2.45) is 0 Å². The summed E-state index contributed by atoms with van der Waals surface area (Å²) in [5.41, 5.74) is 0.571. The molecule has 1 N–H and O–H groups in total. The van der Waals surface area contributed by atoms with Gasteiger partial charge in [0.2, 0.25) is 5.91 Å². The summed E-state index contributed by atoms with van der Waals surface area (Å²) < 4.78 is 24.1. The Hall–Kier alpha value is -1.46. The van der Waals surface area contributed by atoms with Crippen LogP contribution in [-0.4, -0.2) is 32.0 Å². The summed E-state index contributed by atoms with van der Waals surface area (Å²) in [4.78, 5) is 11.7. The van der Waals surface area contributed by atoms with E-state index in [4.69, 9.17) is 9.47 Å². The summed E-state index contributed by atoms with van der Waals surface area (Å²) in [5.74, 6) is -0.339. The first-order valence-electron chi connectivity index (χ1n) is 6.99. The van der Waals surface area contributed by atoms with Gasteiger partial charge in [0.1, 0.15) is 5.82 Å². The van der Waals surface area contributed by atoms with Gasteiger partial charge in [0.25, 0.3) is 0 Å². The van der Waals surface area contributed by atoms with Crippen LogP contribution in [0.3, 0.4) is 0 Å². The number of aryl methyl sites for hydroxylation is 1. The number of rotatable bonds is 6. The highest BCUT2D eigenvalue weighted by molar-refractivity contribution is 5.76. The van der Waals surface area contributed by atoms with E-state index in [-0.39, 0.29) is 24.4 Å². The maximum Gasteiger partial charge on any atom is 0.220 e. The number of carbonyl (C=O) groups is 1. The Kier molecular flexibility index (Phi) is 5.95. The molecule has 1 saturated heterocycles. The lowest BCUT2D eigenvalue weighted by atomic mass is 10.1. The molecule has 1 fully saturated rings. The Morgan fingerprint density at radius 1 is 1.30 bits per heavy atom. The summed E-state index contributed by atoms with van der Waals surface area (Å²) >= 11 is 0. The average Bonchev–Trinajstić information content (AvgIpc) is 2.47. The van der Waals surface area contributed by atoms with E-state index in [2.05, 4.69) is 5.32 Å². The standard InChI is InChI=1S/C15H20FNO3/c16-13-5-2-1-4-12(13)6-7-14(18)17-9-8-15-19-10-3-11-20-15/h1-2,4-5,15H,3,6-11H2,(H,17,18). The first kappa shape index (κ1) is 14.9. The summed E-state index contributed by atoms with van der Waals surface area (Å²) in [5, 5.41) is 2.80. The molecule has 1 amide bonds. The number of nitrogens with one attached hydrogen (secondary N) is 1. The minimum atomic E-state index is -0.260. The van der Waals surface area contributed by atoms with Gasteiger partial charge in [-0.3, -0.25) is 4.79 Å². The van der Waals surface area contributed by atoms with Gasteiger partial charge in [-0.05, 0) is 24.5 Å². The van der Waals surface area contributed by atoms with Gasteiger partial charge in [0.15, 0.2) is 6.29 Å². The van der Waals surface area contributed by atoms with Gasteiger partial charge in [0.05, 0.1) is 13.2 Å². The summed E-state index contributed by atoms with van der Waals surface area (Å²) in [6, 6.07) is 6.52. The number of halogens is 1. The molecule has 2 rings (SSSR count). The molecule has 0 saturated carbocycles. The van der Waals surface area contributed by atoms with Crippen LogP contribution in [0, 0.1) is 5.82 Å². The molecule has 1 aliphatic rings. The van der Waals surface area contributed by atoms with E-state index in [1.165, 1.54) is 6.07 Å². The molecule has 4 nitrogen and oxygen atoms in total. The number of hydrogen-bond donors (Lipinski definition) is 1. The highest BCUT2D eigenvalue weighted by Gasteiger charge is 2.14. The molecule has 1 aromatic carbocycles. The Balaban J connectivity index is 1.62. The van der Waals surface area contributed by atoms with Crippen LogP contribution in [0.1, 0.15) is 24.8 Å². The second-order valence-corrected chi connectivity index (χ2v) is 4.75. The van der Waals surface area contributed by atoms with E-state index in [9.17, 15) is 9.18 Å². The molecular weight excluding hydrogens is 261 g/mol. The number of amides is 1. The average molecular weight is 281 g/mol. The van der Waals surface area contributed by atoms with Crippen molar-refractivity contribution in [1.29, 1.82) is 0 Å². The van der Waals surface area contributed by atoms with Gasteiger partial charge in [0, 0.05) is 19.4 Å². The smallest absolute Gasteiger partial charge is 0.220 e. The van der Waals surface area contributed by atoms with Gasteiger partial charge in [-0.1, -0.05) is 18.2 Å². The van der Waals surface area contributed by atoms with Crippen molar-refractivity contribution >= 4 is 5.91 Å². The molecule has 0 spiro atoms. The summed E-state index contributed by atoms with van der Waals surface area (Å²) in [6.07, 6.45) is 2.05. The van der Waals surface area contributed by atoms with Crippen molar-refractivity contribution in [3.8, 4) is 0 Å². The third-order valence-corrected chi connectivity index (χ3v) is 3.18. The minimum absolute atomic E-state index is 0.0796. The second-order valence-electron chi connectivity index (χ2n) is 4.75. The molecule has 5 heteroatoms. The van der Waals surface area contributed by atoms with Gasteiger partial charge in [-0.25, -0.2) is 4.39 Å². The zero-order valence-electron chi connectivity index (χ0n) is 11.4. The van der Waals surface area contributed by atoms with Gasteiger partial charge < -0.3 is 14.8 Å². The van der Waals surface area contributed by atoms with Gasteiger partial charge in [-0.15, -0.1) is 0 Å². The van der Waals surface area contributed by atoms with Crippen molar-refractivity contribution in [1.82, 2.24) is 5.32 Å². The summed E-state index contributed by atoms with van der Waals surface area (Å²) in [7, 11) is 0. The molecule has 0 unspecified atom stereocenters. The third kappa shape index (κ3) is 4.90. The molecule has 0 atom stereocenters. The van der Waals surface area contributed by atoms with E-state index in [0.29, 0.717) is 38.2 Å². The quantitative estimate of drug-likeness (QED) is 0.868. The van der Waals surface area contributed by atoms with Crippen LogP contribution in [0.15, 0.2) is 24.3 Å². The Bertz CT molecular complexity index is 433. The molecule has 0 aromatic heterocycles. The first-order valence-corrected chi connectivity index (χ1v) is 6.99. The Morgan fingerprint density at radius 3 is 2.80 bits per heavy atom. The number of carbonyl (C=O) groups excluding carboxylic acids is 1. The fourth-order valence-corrected chi connectivity index (χ4v) is 2.07. The third-order valence-electron chi connectivity index (χ3n) is 3.18. The normalized spacial score (nSPS) is 16.1. The number of ether oxygens (including phenoxy) is 2. The zero-order valence-corrected chi connectivity index (χ0v) is 11.4. The molecule has 1 heterocycles. The fourth-order valence-electron chi connectivity index (χ4n) is 2.07. The van der Waals surface area contributed by atoms with Crippen LogP contribution in [0.2, 0.25) is 0 Å². The van der Waals surface area contributed by atoms with Crippen molar-refractivity contribution in [3.05, 3.63) is 35.6 Å². The minimum Gasteiger partial charge on any atom is -0.356 e. The molecule has 0 radical (unpaired) electrons. The van der Waals surface area contributed by atoms with E-state index < -0.39 is 0 Å². The van der Waals surface area contributed by atoms with E-state index in [1.54, 1.807) is 18.2 Å². The van der Waals surface area contributed by atoms with Crippen LogP contribution in [0.25, 0.3) is 0 Å². The molecule has 0 bridgehead atoms. The Labute approximate surface area is 118 Å². The lowest BCUT2D eigenvalue weighted by Gasteiger charge is -2.23. The molecule has 0 aliphatic carbocycles. The molecule has 20 heavy (non-hydrogen) atoms. The lowest BCUT2D eigenvalue weighted by molar-refractivity contribution is -0.180. The number of hydrogen-bond acceptors (Lipinski definition) is 3. The highest BCUT2D eigenvalue weighted by atomic mass is 19.1. The predicted molar refractivity (Wildman–Crippen MR) is 72.7 cm³/mol.